The van der Waals surface area contributed by atoms with E-state index in [1.165, 1.54) is 0 Å². The minimum Gasteiger partial charge on any atom is -0.390 e. The zero-order valence-corrected chi connectivity index (χ0v) is 21.8. The first-order valence-corrected chi connectivity index (χ1v) is 13.0. The maximum atomic E-state index is 10.4. The minimum absolute atomic E-state index is 0.320. The minimum atomic E-state index is -0.637. The van der Waals surface area contributed by atoms with Crippen molar-refractivity contribution in [1.82, 2.24) is 34.0 Å². The van der Waals surface area contributed by atoms with Crippen molar-refractivity contribution < 1.29 is 9.84 Å². The number of benzene rings is 1. The summed E-state index contributed by atoms with van der Waals surface area (Å²) in [4.78, 5) is 24.2. The van der Waals surface area contributed by atoms with E-state index in [0.29, 0.717) is 31.0 Å². The van der Waals surface area contributed by atoms with Crippen molar-refractivity contribution in [2.75, 3.05) is 50.0 Å². The molecule has 2 aliphatic heterocycles. The second-order valence-electron chi connectivity index (χ2n) is 10.7. The van der Waals surface area contributed by atoms with E-state index < -0.39 is 5.60 Å². The fraction of sp³-hybridized carbons (Fsp3) is 0.538. The summed E-state index contributed by atoms with van der Waals surface area (Å²) in [6.07, 6.45) is 1.95. The molecule has 0 aliphatic carbocycles. The molecular formula is C26H35N9O2. The SMILES string of the molecule is Cn1c(CN2CCC(C(C)(C)O)CC2)nc2c(N3CCOCC3)nc(-n3c(N)nc4ccccc43)nc21. The molecule has 6 rings (SSSR count). The van der Waals surface area contributed by atoms with Gasteiger partial charge in [0.05, 0.1) is 36.4 Å². The molecular weight excluding hydrogens is 470 g/mol. The van der Waals surface area contributed by atoms with Crippen molar-refractivity contribution in [3.8, 4) is 5.95 Å². The molecule has 0 bridgehead atoms. The van der Waals surface area contributed by atoms with E-state index in [1.54, 1.807) is 0 Å². The van der Waals surface area contributed by atoms with Gasteiger partial charge in [-0.1, -0.05) is 12.1 Å². The number of aromatic nitrogens is 6. The van der Waals surface area contributed by atoms with Crippen molar-refractivity contribution in [3.63, 3.8) is 0 Å². The lowest BCUT2D eigenvalue weighted by Gasteiger charge is -2.37. The lowest BCUT2D eigenvalue weighted by atomic mass is 9.83. The summed E-state index contributed by atoms with van der Waals surface area (Å²) >= 11 is 0. The van der Waals surface area contributed by atoms with Gasteiger partial charge in [0.15, 0.2) is 17.0 Å². The fourth-order valence-electron chi connectivity index (χ4n) is 5.57. The number of fused-ring (bicyclic) bond motifs is 2. The number of nitrogens with zero attached hydrogens (tertiary/aromatic N) is 8. The summed E-state index contributed by atoms with van der Waals surface area (Å²) in [5.74, 6) is 2.90. The largest absolute Gasteiger partial charge is 0.390 e. The number of hydrogen-bond donors (Lipinski definition) is 2. The van der Waals surface area contributed by atoms with Crippen LogP contribution >= 0.6 is 0 Å². The second-order valence-corrected chi connectivity index (χ2v) is 10.7. The Labute approximate surface area is 215 Å². The topological polar surface area (TPSA) is 123 Å². The number of aryl methyl sites for hydroxylation is 1. The van der Waals surface area contributed by atoms with Crippen LogP contribution in [0.1, 0.15) is 32.5 Å². The third kappa shape index (κ3) is 4.41. The highest BCUT2D eigenvalue weighted by molar-refractivity contribution is 5.86. The van der Waals surface area contributed by atoms with Gasteiger partial charge in [-0.25, -0.2) is 14.5 Å². The Morgan fingerprint density at radius 2 is 1.76 bits per heavy atom. The number of morpholine rings is 1. The van der Waals surface area contributed by atoms with Crippen LogP contribution < -0.4 is 10.6 Å². The number of ether oxygens (including phenoxy) is 1. The van der Waals surface area contributed by atoms with Crippen LogP contribution in [0.2, 0.25) is 0 Å². The fourth-order valence-corrected chi connectivity index (χ4v) is 5.57. The lowest BCUT2D eigenvalue weighted by molar-refractivity contribution is -0.0139. The first kappa shape index (κ1) is 24.1. The summed E-state index contributed by atoms with van der Waals surface area (Å²) in [6.45, 7) is 9.19. The molecule has 4 aromatic rings. The third-order valence-corrected chi connectivity index (χ3v) is 7.83. The number of piperidine rings is 1. The Morgan fingerprint density at radius 3 is 2.49 bits per heavy atom. The molecule has 1 aromatic carbocycles. The van der Waals surface area contributed by atoms with Gasteiger partial charge in [-0.2, -0.15) is 9.97 Å². The molecule has 0 atom stereocenters. The van der Waals surface area contributed by atoms with Crippen LogP contribution in [-0.4, -0.2) is 84.1 Å². The maximum Gasteiger partial charge on any atom is 0.241 e. The van der Waals surface area contributed by atoms with Gasteiger partial charge in [0, 0.05) is 20.1 Å². The molecule has 2 fully saturated rings. The van der Waals surface area contributed by atoms with Crippen molar-refractivity contribution >= 4 is 34.0 Å². The van der Waals surface area contributed by atoms with Crippen LogP contribution in [0.15, 0.2) is 24.3 Å². The van der Waals surface area contributed by atoms with Crippen molar-refractivity contribution in [1.29, 1.82) is 0 Å². The molecule has 0 amide bonds. The zero-order chi connectivity index (χ0) is 25.7. The molecule has 196 valence electrons. The molecule has 0 unspecified atom stereocenters. The summed E-state index contributed by atoms with van der Waals surface area (Å²) in [7, 11) is 2.02. The molecule has 5 heterocycles. The number of nitrogen functional groups attached to an aromatic ring is 1. The number of nitrogens with two attached hydrogens (primary N) is 1. The van der Waals surface area contributed by atoms with Crippen LogP contribution in [0.4, 0.5) is 11.8 Å². The molecule has 0 spiro atoms. The van der Waals surface area contributed by atoms with Crippen LogP contribution in [0.5, 0.6) is 0 Å². The van der Waals surface area contributed by atoms with Crippen LogP contribution in [0, 0.1) is 5.92 Å². The van der Waals surface area contributed by atoms with Gasteiger partial charge in [0.2, 0.25) is 11.9 Å². The van der Waals surface area contributed by atoms with Gasteiger partial charge in [-0.05, 0) is 57.8 Å². The second kappa shape index (κ2) is 9.23. The highest BCUT2D eigenvalue weighted by Gasteiger charge is 2.31. The molecule has 11 nitrogen and oxygen atoms in total. The summed E-state index contributed by atoms with van der Waals surface area (Å²) in [6, 6.07) is 7.82. The zero-order valence-electron chi connectivity index (χ0n) is 21.8. The molecule has 0 radical (unpaired) electrons. The average Bonchev–Trinajstić information content (AvgIpc) is 3.39. The first-order chi connectivity index (χ1) is 17.8. The Hall–Kier alpha value is -3.28. The average molecular weight is 506 g/mol. The van der Waals surface area contributed by atoms with Crippen molar-refractivity contribution in [2.45, 2.75) is 38.8 Å². The smallest absolute Gasteiger partial charge is 0.241 e. The van der Waals surface area contributed by atoms with Gasteiger partial charge >= 0.3 is 0 Å². The number of para-hydroxylation sites is 2. The standard InChI is InChI=1S/C26H35N9O2/c1-26(2,36)17-8-10-33(11-9-17)16-20-29-21-22(32(20)3)30-25(31-23(21)34-12-14-37-15-13-34)35-19-7-5-4-6-18(19)28-24(35)27/h4-7,17,36H,8-16H2,1-3H3,(H2,27,28). The van der Waals surface area contributed by atoms with E-state index in [-0.39, 0.29) is 0 Å². The number of likely N-dealkylation sites (tertiary alicyclic amines) is 1. The summed E-state index contributed by atoms with van der Waals surface area (Å²) in [5.41, 5.74) is 8.95. The van der Waals surface area contributed by atoms with Gasteiger partial charge in [0.25, 0.3) is 0 Å². The van der Waals surface area contributed by atoms with E-state index in [4.69, 9.17) is 25.4 Å². The summed E-state index contributed by atoms with van der Waals surface area (Å²) < 4.78 is 9.49. The van der Waals surface area contributed by atoms with Crippen LogP contribution in [-0.2, 0) is 18.3 Å². The highest BCUT2D eigenvalue weighted by Crippen LogP contribution is 2.31. The Morgan fingerprint density at radius 1 is 1.03 bits per heavy atom. The highest BCUT2D eigenvalue weighted by atomic mass is 16.5. The quantitative estimate of drug-likeness (QED) is 0.420. The molecule has 3 aromatic heterocycles. The first-order valence-electron chi connectivity index (χ1n) is 13.0. The maximum absolute atomic E-state index is 10.4. The van der Waals surface area contributed by atoms with E-state index in [1.807, 2.05) is 49.7 Å². The number of rotatable bonds is 5. The third-order valence-electron chi connectivity index (χ3n) is 7.83. The molecule has 2 aliphatic rings. The normalized spacial score (nSPS) is 18.3. The van der Waals surface area contributed by atoms with E-state index in [0.717, 1.165) is 79.4 Å². The molecule has 37 heavy (non-hydrogen) atoms. The molecule has 2 saturated heterocycles. The van der Waals surface area contributed by atoms with E-state index in [9.17, 15) is 5.11 Å². The Balaban J connectivity index is 1.40. The van der Waals surface area contributed by atoms with Crippen LogP contribution in [0.3, 0.4) is 0 Å². The predicted molar refractivity (Wildman–Crippen MR) is 143 cm³/mol. The number of imidazole rings is 2. The number of anilines is 2. The van der Waals surface area contributed by atoms with E-state index in [2.05, 4.69) is 19.4 Å². The Kier molecular flexibility index (Phi) is 6.01. The van der Waals surface area contributed by atoms with Gasteiger partial charge in [0.1, 0.15) is 5.82 Å². The number of aliphatic hydroxyl groups is 1. The molecule has 0 saturated carbocycles. The van der Waals surface area contributed by atoms with Gasteiger partial charge < -0.3 is 25.0 Å². The molecule has 3 N–H and O–H groups in total. The van der Waals surface area contributed by atoms with Gasteiger partial charge in [-0.3, -0.25) is 4.90 Å². The van der Waals surface area contributed by atoms with E-state index >= 15 is 0 Å². The van der Waals surface area contributed by atoms with Crippen molar-refractivity contribution in [2.24, 2.45) is 13.0 Å². The van der Waals surface area contributed by atoms with Gasteiger partial charge in [-0.15, -0.1) is 0 Å². The van der Waals surface area contributed by atoms with Crippen molar-refractivity contribution in [3.05, 3.63) is 30.1 Å². The molecule has 11 heteroatoms. The van der Waals surface area contributed by atoms with Crippen LogP contribution in [0.25, 0.3) is 28.1 Å². The number of hydrogen-bond acceptors (Lipinski definition) is 9. The predicted octanol–water partition coefficient (Wildman–Crippen LogP) is 2.10. The monoisotopic (exact) mass is 505 g/mol. The Bertz CT molecular complexity index is 1420. The lowest BCUT2D eigenvalue weighted by Crippen LogP contribution is -2.41. The summed E-state index contributed by atoms with van der Waals surface area (Å²) in [5, 5.41) is 10.4.